The molecule has 0 atom stereocenters. The number of amides is 1. The molecule has 3 rings (SSSR count). The highest BCUT2D eigenvalue weighted by Gasteiger charge is 2.35. The van der Waals surface area contributed by atoms with Gasteiger partial charge in [-0.05, 0) is 42.3 Å². The van der Waals surface area contributed by atoms with Crippen LogP contribution in [0.15, 0.2) is 22.8 Å². The van der Waals surface area contributed by atoms with Gasteiger partial charge in [-0.2, -0.15) is 23.4 Å². The van der Waals surface area contributed by atoms with Crippen molar-refractivity contribution in [3.63, 3.8) is 0 Å². The maximum atomic E-state index is 13.1. The van der Waals surface area contributed by atoms with Crippen molar-refractivity contribution in [2.24, 2.45) is 0 Å². The standard InChI is InChI=1S/C16H16BrF3N6O/c1-9-6-13(16(18,19)20)26-14(22-9)7-12(24-26)15(27)21-4-3-5-25-8-11(17)10(2)23-25/h6-8H,3-5H2,1-2H3,(H,21,27). The molecule has 3 aromatic heterocycles. The molecule has 0 fully saturated rings. The average Bonchev–Trinajstić information content (AvgIpc) is 3.13. The number of fused-ring (bicyclic) bond motifs is 1. The van der Waals surface area contributed by atoms with E-state index < -0.39 is 17.8 Å². The quantitative estimate of drug-likeness (QED) is 0.613. The van der Waals surface area contributed by atoms with Crippen molar-refractivity contribution in [3.05, 3.63) is 45.6 Å². The summed E-state index contributed by atoms with van der Waals surface area (Å²) in [6.07, 6.45) is -2.15. The van der Waals surface area contributed by atoms with Gasteiger partial charge in [0.1, 0.15) is 5.69 Å². The Balaban J connectivity index is 1.67. The first-order valence-electron chi connectivity index (χ1n) is 8.07. The van der Waals surface area contributed by atoms with E-state index in [2.05, 4.69) is 36.4 Å². The first-order valence-corrected chi connectivity index (χ1v) is 8.87. The van der Waals surface area contributed by atoms with E-state index in [-0.39, 0.29) is 17.0 Å². The lowest BCUT2D eigenvalue weighted by atomic mass is 10.3. The Morgan fingerprint density at radius 3 is 2.63 bits per heavy atom. The lowest BCUT2D eigenvalue weighted by molar-refractivity contribution is -0.142. The van der Waals surface area contributed by atoms with Crippen molar-refractivity contribution in [1.82, 2.24) is 29.7 Å². The van der Waals surface area contributed by atoms with Gasteiger partial charge in [0.2, 0.25) is 0 Å². The Morgan fingerprint density at radius 2 is 2.00 bits per heavy atom. The van der Waals surface area contributed by atoms with Crippen molar-refractivity contribution in [1.29, 1.82) is 0 Å². The first kappa shape index (κ1) is 19.3. The van der Waals surface area contributed by atoms with Crippen LogP contribution in [0.3, 0.4) is 0 Å². The van der Waals surface area contributed by atoms with Crippen LogP contribution in [-0.2, 0) is 12.7 Å². The van der Waals surface area contributed by atoms with Crippen molar-refractivity contribution >= 4 is 27.5 Å². The summed E-state index contributed by atoms with van der Waals surface area (Å²) in [5.41, 5.74) is -0.0429. The van der Waals surface area contributed by atoms with Crippen molar-refractivity contribution in [3.8, 4) is 0 Å². The number of carbonyl (C=O) groups is 1. The lowest BCUT2D eigenvalue weighted by Gasteiger charge is -2.09. The molecular formula is C16H16BrF3N6O. The molecule has 3 aromatic rings. The van der Waals surface area contributed by atoms with Gasteiger partial charge in [-0.25, -0.2) is 9.50 Å². The molecule has 0 aliphatic heterocycles. The third kappa shape index (κ3) is 4.29. The van der Waals surface area contributed by atoms with Gasteiger partial charge in [-0.15, -0.1) is 0 Å². The Bertz CT molecular complexity index is 975. The van der Waals surface area contributed by atoms with Crippen LogP contribution in [0.2, 0.25) is 0 Å². The van der Waals surface area contributed by atoms with E-state index >= 15 is 0 Å². The number of rotatable bonds is 5. The molecule has 0 radical (unpaired) electrons. The maximum Gasteiger partial charge on any atom is 0.433 e. The van der Waals surface area contributed by atoms with Crippen LogP contribution in [0.5, 0.6) is 0 Å². The average molecular weight is 445 g/mol. The van der Waals surface area contributed by atoms with Crippen molar-refractivity contribution in [2.45, 2.75) is 33.0 Å². The summed E-state index contributed by atoms with van der Waals surface area (Å²) in [4.78, 5) is 16.2. The lowest BCUT2D eigenvalue weighted by Crippen LogP contribution is -2.26. The summed E-state index contributed by atoms with van der Waals surface area (Å²) in [5.74, 6) is -0.552. The molecule has 0 saturated heterocycles. The second-order valence-electron chi connectivity index (χ2n) is 6.02. The van der Waals surface area contributed by atoms with Crippen LogP contribution in [-0.4, -0.2) is 36.8 Å². The normalized spacial score (nSPS) is 11.9. The number of hydrogen-bond acceptors (Lipinski definition) is 4. The smallest absolute Gasteiger partial charge is 0.351 e. The number of carbonyl (C=O) groups excluding carboxylic acids is 1. The van der Waals surface area contributed by atoms with E-state index in [4.69, 9.17) is 0 Å². The summed E-state index contributed by atoms with van der Waals surface area (Å²) >= 11 is 3.37. The molecule has 11 heteroatoms. The molecule has 1 N–H and O–H groups in total. The maximum absolute atomic E-state index is 13.1. The third-order valence-electron chi connectivity index (χ3n) is 3.81. The predicted octanol–water partition coefficient (Wildman–Crippen LogP) is 3.14. The van der Waals surface area contributed by atoms with Crippen molar-refractivity contribution < 1.29 is 18.0 Å². The van der Waals surface area contributed by atoms with Gasteiger partial charge < -0.3 is 5.32 Å². The zero-order valence-corrected chi connectivity index (χ0v) is 16.1. The molecule has 0 aromatic carbocycles. The summed E-state index contributed by atoms with van der Waals surface area (Å²) in [6.45, 7) is 4.26. The number of hydrogen-bond donors (Lipinski definition) is 1. The van der Waals surface area contributed by atoms with Gasteiger partial charge in [-0.3, -0.25) is 9.48 Å². The number of aromatic nitrogens is 5. The molecule has 0 bridgehead atoms. The SMILES string of the molecule is Cc1cc(C(F)(F)F)n2nc(C(=O)NCCCn3cc(Br)c(C)n3)cc2n1. The second kappa shape index (κ2) is 7.29. The molecule has 0 unspecified atom stereocenters. The molecule has 0 spiro atoms. The van der Waals surface area contributed by atoms with Crippen LogP contribution in [0.1, 0.15) is 34.0 Å². The fourth-order valence-corrected chi connectivity index (χ4v) is 2.87. The number of halogens is 4. The molecule has 1 amide bonds. The van der Waals surface area contributed by atoms with E-state index in [1.807, 2.05) is 13.1 Å². The predicted molar refractivity (Wildman–Crippen MR) is 94.3 cm³/mol. The van der Waals surface area contributed by atoms with Gasteiger partial charge in [-0.1, -0.05) is 0 Å². The number of nitrogens with one attached hydrogen (secondary N) is 1. The zero-order chi connectivity index (χ0) is 19.8. The van der Waals surface area contributed by atoms with Crippen LogP contribution < -0.4 is 5.32 Å². The zero-order valence-electron chi connectivity index (χ0n) is 14.5. The minimum Gasteiger partial charge on any atom is -0.351 e. The van der Waals surface area contributed by atoms with Gasteiger partial charge in [0.05, 0.1) is 10.2 Å². The number of alkyl halides is 3. The number of nitrogens with zero attached hydrogens (tertiary/aromatic N) is 5. The van der Waals surface area contributed by atoms with E-state index in [1.165, 1.54) is 13.0 Å². The van der Waals surface area contributed by atoms with Crippen molar-refractivity contribution in [2.75, 3.05) is 6.54 Å². The molecular weight excluding hydrogens is 429 g/mol. The molecule has 0 saturated carbocycles. The highest BCUT2D eigenvalue weighted by atomic mass is 79.9. The van der Waals surface area contributed by atoms with Gasteiger partial charge in [0.15, 0.2) is 11.3 Å². The highest BCUT2D eigenvalue weighted by molar-refractivity contribution is 9.10. The molecule has 27 heavy (non-hydrogen) atoms. The molecule has 0 aliphatic carbocycles. The van der Waals surface area contributed by atoms with Gasteiger partial charge >= 0.3 is 6.18 Å². The highest BCUT2D eigenvalue weighted by Crippen LogP contribution is 2.29. The molecule has 144 valence electrons. The van der Waals surface area contributed by atoms with E-state index in [9.17, 15) is 18.0 Å². The monoisotopic (exact) mass is 444 g/mol. The molecule has 3 heterocycles. The fraction of sp³-hybridized carbons (Fsp3) is 0.375. The second-order valence-corrected chi connectivity index (χ2v) is 6.87. The van der Waals surface area contributed by atoms with Crippen LogP contribution in [0.25, 0.3) is 5.65 Å². The summed E-state index contributed by atoms with van der Waals surface area (Å²) in [6, 6.07) is 2.14. The van der Waals surface area contributed by atoms with Crippen LogP contribution in [0.4, 0.5) is 13.2 Å². The van der Waals surface area contributed by atoms with E-state index in [0.717, 1.165) is 16.2 Å². The van der Waals surface area contributed by atoms with Crippen LogP contribution >= 0.6 is 15.9 Å². The minimum absolute atomic E-state index is 0.0238. The Hall–Kier alpha value is -2.43. The first-order chi connectivity index (χ1) is 12.6. The minimum atomic E-state index is -4.60. The van der Waals surface area contributed by atoms with Crippen LogP contribution in [0, 0.1) is 13.8 Å². The summed E-state index contributed by atoms with van der Waals surface area (Å²) in [7, 11) is 0. The van der Waals surface area contributed by atoms with E-state index in [1.54, 1.807) is 4.68 Å². The Labute approximate surface area is 160 Å². The number of aryl methyl sites for hydroxylation is 3. The largest absolute Gasteiger partial charge is 0.433 e. The summed E-state index contributed by atoms with van der Waals surface area (Å²) in [5, 5.41) is 10.7. The Morgan fingerprint density at radius 1 is 1.26 bits per heavy atom. The van der Waals surface area contributed by atoms with Gasteiger partial charge in [0.25, 0.3) is 5.91 Å². The molecule has 7 nitrogen and oxygen atoms in total. The fourth-order valence-electron chi connectivity index (χ4n) is 2.55. The third-order valence-corrected chi connectivity index (χ3v) is 4.59. The van der Waals surface area contributed by atoms with E-state index in [0.29, 0.717) is 24.0 Å². The van der Waals surface area contributed by atoms with Gasteiger partial charge in [0, 0.05) is 31.0 Å². The topological polar surface area (TPSA) is 77.1 Å². The molecule has 0 aliphatic rings. The Kier molecular flexibility index (Phi) is 5.22. The summed E-state index contributed by atoms with van der Waals surface area (Å²) < 4.78 is 42.7.